The number of nitrogens with zero attached hydrogens (tertiary/aromatic N) is 1. The van der Waals surface area contributed by atoms with Crippen LogP contribution in [0.1, 0.15) is 36.0 Å². The molecule has 1 heterocycles. The Morgan fingerprint density at radius 3 is 2.59 bits per heavy atom. The number of nitrogens with two attached hydrogens (primary N) is 1. The van der Waals surface area contributed by atoms with E-state index in [1.807, 2.05) is 6.07 Å². The molecule has 1 aromatic rings. The molecular formula is C12H20N2O2S. The van der Waals surface area contributed by atoms with E-state index in [1.165, 1.54) is 11.3 Å². The zero-order valence-corrected chi connectivity index (χ0v) is 11.3. The van der Waals surface area contributed by atoms with Crippen molar-refractivity contribution in [3.05, 3.63) is 21.9 Å². The number of primary amides is 1. The summed E-state index contributed by atoms with van der Waals surface area (Å²) in [6.07, 6.45) is -0.354. The van der Waals surface area contributed by atoms with Crippen molar-refractivity contribution in [2.24, 2.45) is 5.73 Å². The highest BCUT2D eigenvalue weighted by molar-refractivity contribution is 7.10. The molecule has 0 aliphatic heterocycles. The Morgan fingerprint density at radius 1 is 1.53 bits per heavy atom. The van der Waals surface area contributed by atoms with Crippen LogP contribution in [0.2, 0.25) is 0 Å². The fourth-order valence-corrected chi connectivity index (χ4v) is 2.49. The van der Waals surface area contributed by atoms with E-state index in [0.29, 0.717) is 18.2 Å². The van der Waals surface area contributed by atoms with Gasteiger partial charge in [-0.25, -0.2) is 0 Å². The molecule has 0 aliphatic rings. The van der Waals surface area contributed by atoms with Gasteiger partial charge in [0.05, 0.1) is 11.7 Å². The fraction of sp³-hybridized carbons (Fsp3) is 0.583. The highest BCUT2D eigenvalue weighted by Gasteiger charge is 2.14. The first-order valence-electron chi connectivity index (χ1n) is 5.69. The van der Waals surface area contributed by atoms with Gasteiger partial charge >= 0.3 is 0 Å². The number of carbonyl (C=O) groups is 1. The van der Waals surface area contributed by atoms with Crippen LogP contribution < -0.4 is 5.73 Å². The summed E-state index contributed by atoms with van der Waals surface area (Å²) >= 11 is 1.53. The molecule has 3 N–H and O–H groups in total. The average Bonchev–Trinajstić information content (AvgIpc) is 2.64. The van der Waals surface area contributed by atoms with Crippen LogP contribution >= 0.6 is 11.3 Å². The third-order valence-corrected chi connectivity index (χ3v) is 3.45. The Bertz CT molecular complexity index is 374. The zero-order valence-electron chi connectivity index (χ0n) is 10.5. The van der Waals surface area contributed by atoms with Crippen LogP contribution in [0.4, 0.5) is 0 Å². The lowest BCUT2D eigenvalue weighted by Gasteiger charge is -2.27. The van der Waals surface area contributed by atoms with Gasteiger partial charge in [0.25, 0.3) is 0 Å². The van der Waals surface area contributed by atoms with Gasteiger partial charge < -0.3 is 10.8 Å². The molecule has 96 valence electrons. The highest BCUT2D eigenvalue weighted by Crippen LogP contribution is 2.18. The summed E-state index contributed by atoms with van der Waals surface area (Å²) < 4.78 is 0. The van der Waals surface area contributed by atoms with E-state index in [4.69, 9.17) is 5.73 Å². The van der Waals surface area contributed by atoms with Crippen molar-refractivity contribution < 1.29 is 9.90 Å². The first-order valence-corrected chi connectivity index (χ1v) is 6.57. The lowest BCUT2D eigenvalue weighted by molar-refractivity contribution is 0.0997. The largest absolute Gasteiger partial charge is 0.392 e. The molecule has 0 aliphatic carbocycles. The maximum Gasteiger partial charge on any atom is 0.249 e. The summed E-state index contributed by atoms with van der Waals surface area (Å²) in [5, 5.41) is 11.2. The number of amides is 1. The molecule has 1 aromatic heterocycles. The number of aliphatic hydroxyl groups is 1. The van der Waals surface area contributed by atoms with Gasteiger partial charge in [-0.2, -0.15) is 0 Å². The third kappa shape index (κ3) is 4.46. The molecule has 0 aromatic carbocycles. The summed E-state index contributed by atoms with van der Waals surface area (Å²) in [6.45, 7) is 7.32. The van der Waals surface area contributed by atoms with E-state index in [-0.39, 0.29) is 12.0 Å². The van der Waals surface area contributed by atoms with E-state index >= 15 is 0 Å². The van der Waals surface area contributed by atoms with Crippen LogP contribution in [0.15, 0.2) is 11.4 Å². The molecule has 0 fully saturated rings. The standard InChI is InChI=1S/C12H20N2O2S/c1-8(2)14(5-9(3)15)6-11-4-10(7-17-11)12(13)16/h4,7-9,15H,5-6H2,1-3H3,(H2,13,16). The number of aliphatic hydroxyl groups excluding tert-OH is 1. The number of hydrogen-bond acceptors (Lipinski definition) is 4. The highest BCUT2D eigenvalue weighted by atomic mass is 32.1. The predicted molar refractivity (Wildman–Crippen MR) is 70.1 cm³/mol. The second-order valence-corrected chi connectivity index (χ2v) is 5.53. The number of carbonyl (C=O) groups excluding carboxylic acids is 1. The van der Waals surface area contributed by atoms with Gasteiger partial charge in [0.1, 0.15) is 0 Å². The van der Waals surface area contributed by atoms with Crippen molar-refractivity contribution in [3.63, 3.8) is 0 Å². The van der Waals surface area contributed by atoms with Gasteiger partial charge in [0.2, 0.25) is 5.91 Å². The second kappa shape index (κ2) is 6.14. The summed E-state index contributed by atoms with van der Waals surface area (Å²) in [5.41, 5.74) is 5.77. The molecule has 0 saturated carbocycles. The van der Waals surface area contributed by atoms with E-state index in [9.17, 15) is 9.90 Å². The van der Waals surface area contributed by atoms with Crippen LogP contribution in [0.25, 0.3) is 0 Å². The molecule has 17 heavy (non-hydrogen) atoms. The normalized spacial score (nSPS) is 13.3. The summed E-state index contributed by atoms with van der Waals surface area (Å²) in [5.74, 6) is -0.390. The van der Waals surface area contributed by atoms with Crippen molar-refractivity contribution in [2.75, 3.05) is 6.54 Å². The molecule has 1 atom stereocenters. The van der Waals surface area contributed by atoms with Crippen molar-refractivity contribution in [1.29, 1.82) is 0 Å². The van der Waals surface area contributed by atoms with Crippen LogP contribution in [0, 0.1) is 0 Å². The number of rotatable bonds is 6. The first kappa shape index (κ1) is 14.2. The molecule has 1 rings (SSSR count). The van der Waals surface area contributed by atoms with E-state index in [0.717, 1.165) is 11.4 Å². The quantitative estimate of drug-likeness (QED) is 0.809. The maximum absolute atomic E-state index is 11.0. The number of thiophene rings is 1. The molecule has 4 nitrogen and oxygen atoms in total. The Balaban J connectivity index is 2.68. The lowest BCUT2D eigenvalue weighted by atomic mass is 10.2. The summed E-state index contributed by atoms with van der Waals surface area (Å²) in [4.78, 5) is 14.2. The lowest BCUT2D eigenvalue weighted by Crippen LogP contribution is -2.35. The molecule has 0 bridgehead atoms. The van der Waals surface area contributed by atoms with Gasteiger partial charge in [0.15, 0.2) is 0 Å². The van der Waals surface area contributed by atoms with Crippen molar-refractivity contribution >= 4 is 17.2 Å². The van der Waals surface area contributed by atoms with Crippen molar-refractivity contribution in [1.82, 2.24) is 4.90 Å². The molecule has 0 saturated heterocycles. The maximum atomic E-state index is 11.0. The van der Waals surface area contributed by atoms with E-state index in [1.54, 1.807) is 12.3 Å². The molecule has 0 spiro atoms. The third-order valence-electron chi connectivity index (χ3n) is 2.53. The number of hydrogen-bond donors (Lipinski definition) is 2. The Morgan fingerprint density at radius 2 is 2.18 bits per heavy atom. The predicted octanol–water partition coefficient (Wildman–Crippen LogP) is 1.44. The molecule has 1 unspecified atom stereocenters. The van der Waals surface area contributed by atoms with E-state index < -0.39 is 0 Å². The first-order chi connectivity index (χ1) is 7.90. The van der Waals surface area contributed by atoms with E-state index in [2.05, 4.69) is 18.7 Å². The Kier molecular flexibility index (Phi) is 5.11. The second-order valence-electron chi connectivity index (χ2n) is 4.54. The topological polar surface area (TPSA) is 66.6 Å². The zero-order chi connectivity index (χ0) is 13.0. The molecule has 1 amide bonds. The molecule has 0 radical (unpaired) electrons. The molecule has 5 heteroatoms. The van der Waals surface area contributed by atoms with Crippen LogP contribution in [-0.4, -0.2) is 34.6 Å². The fourth-order valence-electron chi connectivity index (χ4n) is 1.59. The summed E-state index contributed by atoms with van der Waals surface area (Å²) in [7, 11) is 0. The van der Waals surface area contributed by atoms with Crippen LogP contribution in [-0.2, 0) is 6.54 Å². The Labute approximate surface area is 106 Å². The van der Waals surface area contributed by atoms with Crippen molar-refractivity contribution in [3.8, 4) is 0 Å². The van der Waals surface area contributed by atoms with Gasteiger partial charge in [0, 0.05) is 29.4 Å². The smallest absolute Gasteiger partial charge is 0.249 e. The van der Waals surface area contributed by atoms with Gasteiger partial charge in [-0.05, 0) is 26.8 Å². The minimum absolute atomic E-state index is 0.351. The van der Waals surface area contributed by atoms with Gasteiger partial charge in [-0.3, -0.25) is 9.69 Å². The monoisotopic (exact) mass is 256 g/mol. The molecular weight excluding hydrogens is 236 g/mol. The average molecular weight is 256 g/mol. The van der Waals surface area contributed by atoms with Crippen LogP contribution in [0.5, 0.6) is 0 Å². The minimum Gasteiger partial charge on any atom is -0.392 e. The minimum atomic E-state index is -0.390. The van der Waals surface area contributed by atoms with Crippen molar-refractivity contribution in [2.45, 2.75) is 39.5 Å². The van der Waals surface area contributed by atoms with Gasteiger partial charge in [-0.1, -0.05) is 0 Å². The van der Waals surface area contributed by atoms with Crippen LogP contribution in [0.3, 0.4) is 0 Å². The van der Waals surface area contributed by atoms with Gasteiger partial charge in [-0.15, -0.1) is 11.3 Å². The summed E-state index contributed by atoms with van der Waals surface area (Å²) in [6, 6.07) is 2.17. The Hall–Kier alpha value is -0.910. The SMILES string of the molecule is CC(O)CN(Cc1cc(C(N)=O)cs1)C(C)C.